The van der Waals surface area contributed by atoms with Crippen molar-refractivity contribution < 1.29 is 115 Å². The SMILES string of the molecule is CC(=O)c1ccc(C[n+]2ccc3ccccc3c2)cc1.FC(F)(F)c1cc([B-](c2cc(C(F)(F)F)cc(C(F)(F)F)c2)(c2cc(C(F)(F)F)cc(C(F)(F)F)c2)c2cc(C(F)(F)F)cc(C(F)(F)F)c2)cc(C(F)(F)F)c1. The molecule has 0 aliphatic heterocycles. The lowest BCUT2D eigenvalue weighted by Crippen LogP contribution is -2.75. The number of carbonyl (C=O) groups excluding carboxylic acids is 1. The molecule has 27 heteroatoms. The van der Waals surface area contributed by atoms with Crippen LogP contribution in [0.5, 0.6) is 0 Å². The Morgan fingerprint density at radius 2 is 0.623 bits per heavy atom. The Morgan fingerprint density at radius 3 is 0.870 bits per heavy atom. The largest absolute Gasteiger partial charge is 0.416 e. The minimum atomic E-state index is -6.13. The van der Waals surface area contributed by atoms with Crippen LogP contribution < -0.4 is 26.4 Å². The quantitative estimate of drug-likeness (QED) is 0.0674. The topological polar surface area (TPSA) is 20.9 Å². The molecule has 2 nitrogen and oxygen atoms in total. The Hall–Kier alpha value is -7.22. The Balaban J connectivity index is 0.000000397. The van der Waals surface area contributed by atoms with Crippen LogP contribution in [0.25, 0.3) is 10.8 Å². The summed E-state index contributed by atoms with van der Waals surface area (Å²) >= 11 is 0. The van der Waals surface area contributed by atoms with Gasteiger partial charge < -0.3 is 0 Å². The number of hydrogen-bond donors (Lipinski definition) is 0. The highest BCUT2D eigenvalue weighted by molar-refractivity contribution is 7.20. The highest BCUT2D eigenvalue weighted by Gasteiger charge is 2.47. The van der Waals surface area contributed by atoms with Crippen LogP contribution in [0.1, 0.15) is 67.4 Å². The highest BCUT2D eigenvalue weighted by atomic mass is 19.4. The smallest absolute Gasteiger partial charge is 0.295 e. The fourth-order valence-electron chi connectivity index (χ4n) is 8.40. The van der Waals surface area contributed by atoms with Gasteiger partial charge in [0, 0.05) is 22.6 Å². The number of Topliss-reactive ketones (excluding diaryl/α,β-unsaturated/α-hetero) is 1. The summed E-state index contributed by atoms with van der Waals surface area (Å²) in [6, 6.07) is 9.44. The van der Waals surface area contributed by atoms with Crippen molar-refractivity contribution in [2.45, 2.75) is 62.9 Å². The van der Waals surface area contributed by atoms with Crippen LogP contribution in [0, 0.1) is 0 Å². The molecule has 0 amide bonds. The summed E-state index contributed by atoms with van der Waals surface area (Å²) in [6.07, 6.45) is -50.6. The Kier molecular flexibility index (Phi) is 15.6. The summed E-state index contributed by atoms with van der Waals surface area (Å²) in [7, 11) is 0. The molecule has 6 aromatic carbocycles. The van der Waals surface area contributed by atoms with Crippen molar-refractivity contribution in [3.05, 3.63) is 195 Å². The van der Waals surface area contributed by atoms with Crippen LogP contribution in [0.3, 0.4) is 0 Å². The van der Waals surface area contributed by atoms with Gasteiger partial charge in [0.05, 0.1) is 44.5 Å². The lowest BCUT2D eigenvalue weighted by Gasteiger charge is -2.46. The molecule has 0 N–H and O–H groups in total. The number of halogens is 24. The molecule has 1 heterocycles. The van der Waals surface area contributed by atoms with Gasteiger partial charge in [-0.15, -0.1) is 0 Å². The lowest BCUT2D eigenvalue weighted by molar-refractivity contribution is -0.687. The molecule has 0 fully saturated rings. The van der Waals surface area contributed by atoms with E-state index in [1.165, 1.54) is 16.3 Å². The molecular weight excluding hydrogens is 1100 g/mol. The molecule has 410 valence electrons. The number of aromatic nitrogens is 1. The van der Waals surface area contributed by atoms with E-state index in [-0.39, 0.29) is 5.78 Å². The molecule has 0 aliphatic rings. The summed E-state index contributed by atoms with van der Waals surface area (Å²) in [5, 5.41) is 2.48. The lowest BCUT2D eigenvalue weighted by atomic mass is 9.12. The maximum absolute atomic E-state index is 14.2. The molecule has 1 aromatic heterocycles. The Bertz CT molecular complexity index is 2860. The molecule has 7 rings (SSSR count). The third-order valence-corrected chi connectivity index (χ3v) is 11.9. The zero-order valence-corrected chi connectivity index (χ0v) is 38.0. The van der Waals surface area contributed by atoms with E-state index in [1.807, 2.05) is 36.4 Å². The third kappa shape index (κ3) is 13.5. The Labute approximate surface area is 417 Å². The normalized spacial score (nSPS) is 13.4. The number of carbonyl (C=O) groups is 1. The number of fused-ring (bicyclic) bond motifs is 1. The molecule has 7 aromatic rings. The first-order chi connectivity index (χ1) is 35.0. The van der Waals surface area contributed by atoms with Gasteiger partial charge in [0.15, 0.2) is 24.7 Å². The van der Waals surface area contributed by atoms with Gasteiger partial charge >= 0.3 is 49.4 Å². The summed E-state index contributed by atoms with van der Waals surface area (Å²) in [6.45, 7) is 2.40. The monoisotopic (exact) mass is 1130 g/mol. The van der Waals surface area contributed by atoms with E-state index in [2.05, 4.69) is 35.2 Å². The molecule has 0 unspecified atom stereocenters. The van der Waals surface area contributed by atoms with E-state index in [0.29, 0.717) is 0 Å². The summed E-state index contributed by atoms with van der Waals surface area (Å²) in [5.41, 5.74) is -28.3. The molecule has 0 spiro atoms. The molecule has 0 saturated heterocycles. The molecule has 0 radical (unpaired) electrons. The third-order valence-electron chi connectivity index (χ3n) is 11.9. The van der Waals surface area contributed by atoms with Gasteiger partial charge in [0.25, 0.3) is 0 Å². The Morgan fingerprint density at radius 1 is 0.364 bits per heavy atom. The maximum atomic E-state index is 14.2. The average Bonchev–Trinajstić information content (AvgIpc) is 3.29. The van der Waals surface area contributed by atoms with E-state index < -0.39 is 195 Å². The van der Waals surface area contributed by atoms with Crippen LogP contribution in [-0.4, -0.2) is 11.9 Å². The van der Waals surface area contributed by atoms with E-state index in [1.54, 1.807) is 6.92 Å². The second kappa shape index (κ2) is 20.3. The zero-order chi connectivity index (χ0) is 57.9. The second-order valence-corrected chi connectivity index (χ2v) is 17.2. The van der Waals surface area contributed by atoms with Crippen LogP contribution in [-0.2, 0) is 56.0 Å². The first-order valence-electron chi connectivity index (χ1n) is 21.3. The van der Waals surface area contributed by atoms with Gasteiger partial charge in [-0.1, -0.05) is 91.0 Å². The minimum Gasteiger partial charge on any atom is -0.295 e. The highest BCUT2D eigenvalue weighted by Crippen LogP contribution is 2.41. The molecule has 0 bridgehead atoms. The predicted octanol–water partition coefficient (Wildman–Crippen LogP) is 14.6. The fraction of sp³-hybridized carbons (Fsp3) is 0.200. The van der Waals surface area contributed by atoms with Crippen molar-refractivity contribution in [3.8, 4) is 0 Å². The molecule has 77 heavy (non-hydrogen) atoms. The van der Waals surface area contributed by atoms with E-state index >= 15 is 0 Å². The fourth-order valence-corrected chi connectivity index (χ4v) is 8.40. The van der Waals surface area contributed by atoms with Crippen molar-refractivity contribution in [1.29, 1.82) is 0 Å². The van der Waals surface area contributed by atoms with Crippen LogP contribution in [0.2, 0.25) is 0 Å². The molecule has 0 atom stereocenters. The van der Waals surface area contributed by atoms with Gasteiger partial charge in [-0.3, -0.25) is 4.79 Å². The van der Waals surface area contributed by atoms with Crippen molar-refractivity contribution in [2.24, 2.45) is 0 Å². The molecule has 0 aliphatic carbocycles. The van der Waals surface area contributed by atoms with Crippen LogP contribution >= 0.6 is 0 Å². The average molecular weight is 1130 g/mol. The summed E-state index contributed by atoms with van der Waals surface area (Å²) in [5.74, 6) is 0.106. The second-order valence-electron chi connectivity index (χ2n) is 17.2. The first kappa shape index (κ1) is 59.0. The minimum absolute atomic E-state index is 0.106. The van der Waals surface area contributed by atoms with Gasteiger partial charge in [-0.25, -0.2) is 4.57 Å². The predicted molar refractivity (Wildman–Crippen MR) is 230 cm³/mol. The number of benzene rings is 6. The number of nitrogens with zero attached hydrogens (tertiary/aromatic N) is 1. The van der Waals surface area contributed by atoms with Gasteiger partial charge in [0.2, 0.25) is 0 Å². The van der Waals surface area contributed by atoms with Crippen molar-refractivity contribution in [3.63, 3.8) is 0 Å². The van der Waals surface area contributed by atoms with E-state index in [4.69, 9.17) is 0 Å². The number of hydrogen-bond acceptors (Lipinski definition) is 1. The number of rotatable bonds is 7. The van der Waals surface area contributed by atoms with Crippen molar-refractivity contribution >= 4 is 44.6 Å². The first-order valence-corrected chi connectivity index (χ1v) is 21.3. The summed E-state index contributed by atoms with van der Waals surface area (Å²) in [4.78, 5) is 11.3. The maximum Gasteiger partial charge on any atom is 0.416 e. The number of pyridine rings is 1. The van der Waals surface area contributed by atoms with Crippen molar-refractivity contribution in [2.75, 3.05) is 0 Å². The van der Waals surface area contributed by atoms with Crippen molar-refractivity contribution in [1.82, 2.24) is 0 Å². The molecular formula is C50H28BF24NO. The number of ketones is 1. The zero-order valence-electron chi connectivity index (χ0n) is 38.0. The van der Waals surface area contributed by atoms with E-state index in [9.17, 15) is 110 Å². The summed E-state index contributed by atoms with van der Waals surface area (Å²) < 4.78 is 343. The van der Waals surface area contributed by atoms with Gasteiger partial charge in [-0.05, 0) is 42.6 Å². The van der Waals surface area contributed by atoms with Crippen LogP contribution in [0.15, 0.2) is 140 Å². The van der Waals surface area contributed by atoms with Gasteiger partial charge in [0.1, 0.15) is 6.15 Å². The van der Waals surface area contributed by atoms with Gasteiger partial charge in [-0.2, -0.15) is 127 Å². The number of alkyl halides is 24. The standard InChI is InChI=1S/C32H12BF24.C18H16NO/c34-25(35,36)13-1-14(26(37,38)39)6-21(5-13)33(22-7-15(27(40,41)42)2-16(8-22)28(43,44)45,23-9-17(29(46,47)48)3-18(10-23)30(49,50)51)24-11-19(31(52,53)54)4-20(12-24)32(55,56)57;1-14(20)16-8-6-15(7-9-16)12-19-11-10-17-4-2-3-5-18(17)13-19/h1-12H;2-11,13H,12H2,1H3/q-1;+1. The van der Waals surface area contributed by atoms with Crippen LogP contribution in [0.4, 0.5) is 105 Å². The molecule has 0 saturated carbocycles. The van der Waals surface area contributed by atoms with E-state index in [0.717, 1.165) is 12.1 Å².